The van der Waals surface area contributed by atoms with Crippen LogP contribution in [0.3, 0.4) is 0 Å². The Labute approximate surface area is 391 Å². The van der Waals surface area contributed by atoms with Crippen LogP contribution >= 0.6 is 16.8 Å². The number of fused-ring (bicyclic) bond motifs is 5. The van der Waals surface area contributed by atoms with Crippen LogP contribution in [0, 0.1) is 21.7 Å². The molecule has 5 nitrogen and oxygen atoms in total. The molecule has 3 aliphatic rings. The average molecular weight is 911 g/mol. The molecule has 0 N–H and O–H groups in total. The highest BCUT2D eigenvalue weighted by Crippen LogP contribution is 2.59. The van der Waals surface area contributed by atoms with Gasteiger partial charge in [-0.2, -0.15) is 4.31 Å². The van der Waals surface area contributed by atoms with Gasteiger partial charge in [0.15, 0.2) is 0 Å². The zero-order valence-electron chi connectivity index (χ0n) is 44.5. The number of benzene rings is 2. The molecule has 352 valence electrons. The lowest BCUT2D eigenvalue weighted by Crippen LogP contribution is -2.32. The van der Waals surface area contributed by atoms with E-state index in [1.54, 1.807) is 0 Å². The first kappa shape index (κ1) is 50.6. The van der Waals surface area contributed by atoms with Crippen molar-refractivity contribution in [3.63, 3.8) is 0 Å². The van der Waals surface area contributed by atoms with Gasteiger partial charge in [-0.05, 0) is 96.3 Å². The Morgan fingerprint density at radius 1 is 0.500 bits per heavy atom. The van der Waals surface area contributed by atoms with Crippen LogP contribution in [0.5, 0.6) is 0 Å². The highest BCUT2D eigenvalue weighted by atomic mass is 31.2. The molecule has 0 saturated carbocycles. The third-order valence-electron chi connectivity index (χ3n) is 13.1. The molecule has 3 aromatic rings. The summed E-state index contributed by atoms with van der Waals surface area (Å²) in [5.41, 5.74) is 12.5. The van der Waals surface area contributed by atoms with Crippen LogP contribution < -0.4 is 4.31 Å². The minimum absolute atomic E-state index is 0.00239. The topological polar surface area (TPSA) is 54.0 Å². The molecule has 1 aliphatic heterocycles. The molecule has 64 heavy (non-hydrogen) atoms. The number of rotatable bonds is 2. The molecule has 2 aliphatic carbocycles. The maximum absolute atomic E-state index is 7.46. The van der Waals surface area contributed by atoms with Crippen LogP contribution in [0.4, 0.5) is 0 Å². The monoisotopic (exact) mass is 911 g/mol. The highest BCUT2D eigenvalue weighted by Gasteiger charge is 2.43. The highest BCUT2D eigenvalue weighted by molar-refractivity contribution is 7.52. The van der Waals surface area contributed by atoms with E-state index in [0.29, 0.717) is 0 Å². The Kier molecular flexibility index (Phi) is 13.0. The predicted molar refractivity (Wildman–Crippen MR) is 276 cm³/mol. The Balaban J connectivity index is 1.75. The smallest absolute Gasteiger partial charge is 0.410 e. The maximum atomic E-state index is 7.46. The first-order valence-corrected chi connectivity index (χ1v) is 26.0. The molecule has 2 unspecified atom stereocenters. The Bertz CT molecular complexity index is 2440. The van der Waals surface area contributed by atoms with E-state index in [2.05, 4.69) is 209 Å². The maximum Gasteiger partial charge on any atom is 0.410 e. The molecule has 7 heteroatoms. The van der Waals surface area contributed by atoms with E-state index in [4.69, 9.17) is 21.8 Å². The van der Waals surface area contributed by atoms with E-state index in [-0.39, 0.29) is 43.3 Å². The number of hydrogen-bond acceptors (Lipinski definition) is 5. The zero-order valence-corrected chi connectivity index (χ0v) is 46.3. The van der Waals surface area contributed by atoms with Crippen LogP contribution in [0.2, 0.25) is 0 Å². The van der Waals surface area contributed by atoms with E-state index in [9.17, 15) is 0 Å². The summed E-state index contributed by atoms with van der Waals surface area (Å²) < 4.78 is 36.8. The second-order valence-electron chi connectivity index (χ2n) is 27.1. The quantitative estimate of drug-likeness (QED) is 0.240. The van der Waals surface area contributed by atoms with Crippen molar-refractivity contribution in [2.24, 2.45) is 21.7 Å². The van der Waals surface area contributed by atoms with Gasteiger partial charge in [-0.3, -0.25) is 4.52 Å². The van der Waals surface area contributed by atoms with Crippen molar-refractivity contribution < 1.29 is 21.8 Å². The van der Waals surface area contributed by atoms with Gasteiger partial charge in [-0.1, -0.05) is 202 Å². The van der Waals surface area contributed by atoms with Crippen molar-refractivity contribution in [2.45, 2.75) is 207 Å². The van der Waals surface area contributed by atoms with E-state index < -0.39 is 22.9 Å². The fourth-order valence-corrected chi connectivity index (χ4v) is 11.5. The molecule has 0 saturated heterocycles. The van der Waals surface area contributed by atoms with Crippen molar-refractivity contribution in [1.82, 2.24) is 0 Å². The van der Waals surface area contributed by atoms with Gasteiger partial charge in [0.2, 0.25) is 0 Å². The molecule has 0 spiro atoms. The SMILES string of the molecule is CC(C)(C)C1=C/C2=C3\CCC(C(C)(C)C)=CC3=C(C(C)(C)C)OP(Op3oc4c(C(C)(C)C)cc(C(C)(C)C)cc4c4cc(C(C)(C)C)cc(C(C)(C)C)c4o3)OC2C(C(C)(C)C)=C1. The molecule has 2 atom stereocenters. The summed E-state index contributed by atoms with van der Waals surface area (Å²) in [4.78, 5) is 0. The van der Waals surface area contributed by atoms with Gasteiger partial charge in [0.1, 0.15) is 23.0 Å². The van der Waals surface area contributed by atoms with E-state index >= 15 is 0 Å². The van der Waals surface area contributed by atoms with E-state index in [1.165, 1.54) is 39.0 Å². The third-order valence-corrected chi connectivity index (χ3v) is 15.5. The molecule has 1 aromatic heterocycles. The Morgan fingerprint density at radius 2 is 0.984 bits per heavy atom. The molecule has 0 fully saturated rings. The van der Waals surface area contributed by atoms with Gasteiger partial charge < -0.3 is 12.9 Å². The standard InChI is InChI=1S/C57H84O5P2/c1-50(2,3)34-25-26-38-39-28-35(51(4,5)6)31-43(54(13,14)15)46(39)60-64(61-49(42(38)27-34)57(22,23)24)62-63-58-47-40(29-36(52(7,8)9)32-44(47)55(16,17)18)41-30-37(53(10,11)12)33-45(48(41)59-63)56(19,20)21/h27-33,46H,25-26H2,1-24H3/b39-38-,49-42?. The molecule has 6 rings (SSSR count). The zero-order chi connectivity index (χ0) is 48.3. The summed E-state index contributed by atoms with van der Waals surface area (Å²) in [6.07, 6.45) is 8.74. The molecule has 0 bridgehead atoms. The van der Waals surface area contributed by atoms with Crippen molar-refractivity contribution in [3.05, 3.63) is 104 Å². The van der Waals surface area contributed by atoms with Crippen molar-refractivity contribution in [2.75, 3.05) is 0 Å². The van der Waals surface area contributed by atoms with Crippen molar-refractivity contribution in [3.8, 4) is 0 Å². The van der Waals surface area contributed by atoms with Gasteiger partial charge in [0.05, 0.1) is 0 Å². The third kappa shape index (κ3) is 10.5. The van der Waals surface area contributed by atoms with E-state index in [1.807, 2.05) is 0 Å². The average Bonchev–Trinajstić information content (AvgIpc) is 3.24. The van der Waals surface area contributed by atoms with Crippen LogP contribution in [-0.2, 0) is 30.7 Å². The predicted octanol–water partition coefficient (Wildman–Crippen LogP) is 18.9. The Hall–Kier alpha value is -2.81. The van der Waals surface area contributed by atoms with Gasteiger partial charge in [0.25, 0.3) is 0 Å². The minimum Gasteiger partial charge on any atom is -0.430 e. The largest absolute Gasteiger partial charge is 0.430 e. The lowest BCUT2D eigenvalue weighted by molar-refractivity contribution is 0.179. The summed E-state index contributed by atoms with van der Waals surface area (Å²) >= 11 is 0. The second kappa shape index (κ2) is 16.5. The van der Waals surface area contributed by atoms with Gasteiger partial charge in [-0.25, -0.2) is 0 Å². The van der Waals surface area contributed by atoms with Crippen LogP contribution in [-0.4, -0.2) is 6.10 Å². The summed E-state index contributed by atoms with van der Waals surface area (Å²) in [5.74, 6) is 0.875. The number of hydrogen-bond donors (Lipinski definition) is 0. The van der Waals surface area contributed by atoms with Crippen LogP contribution in [0.25, 0.3) is 21.9 Å². The van der Waals surface area contributed by atoms with E-state index in [0.717, 1.165) is 57.2 Å². The first-order valence-electron chi connectivity index (χ1n) is 23.8. The summed E-state index contributed by atoms with van der Waals surface area (Å²) in [6.45, 7) is 54.9. The molecule has 0 amide bonds. The summed E-state index contributed by atoms with van der Waals surface area (Å²) in [5, 5.41) is 2.06. The van der Waals surface area contributed by atoms with Crippen molar-refractivity contribution >= 4 is 38.8 Å². The Morgan fingerprint density at radius 3 is 1.38 bits per heavy atom. The minimum atomic E-state index is -2.12. The fourth-order valence-electron chi connectivity index (χ4n) is 8.82. The van der Waals surface area contributed by atoms with Crippen LogP contribution in [0.1, 0.15) is 201 Å². The van der Waals surface area contributed by atoms with Crippen LogP contribution in [0.15, 0.2) is 90.1 Å². The summed E-state index contributed by atoms with van der Waals surface area (Å²) in [7, 11) is -4.23. The lowest BCUT2D eigenvalue weighted by atomic mass is 9.69. The summed E-state index contributed by atoms with van der Waals surface area (Å²) in [6, 6.07) is 9.36. The van der Waals surface area contributed by atoms with Gasteiger partial charge >= 0.3 is 16.8 Å². The molecular formula is C57H84O5P2. The molecule has 2 aromatic carbocycles. The van der Waals surface area contributed by atoms with Gasteiger partial charge in [0, 0.05) is 32.9 Å². The normalized spacial score (nSPS) is 21.2. The molecule has 0 radical (unpaired) electrons. The second-order valence-corrected chi connectivity index (χ2v) is 29.4. The first-order chi connectivity index (χ1) is 28.8. The molecular weight excluding hydrogens is 827 g/mol. The fraction of sp³-hybridized carbons (Fsp3) is 0.614. The number of allylic oxidation sites excluding steroid dienone is 7. The molecule has 2 heterocycles. The van der Waals surface area contributed by atoms with Gasteiger partial charge in [-0.15, -0.1) is 0 Å². The lowest BCUT2D eigenvalue weighted by Gasteiger charge is -2.42. The van der Waals surface area contributed by atoms with Crippen molar-refractivity contribution in [1.29, 1.82) is 0 Å².